The van der Waals surface area contributed by atoms with Crippen molar-refractivity contribution in [2.45, 2.75) is 19.8 Å². The fourth-order valence-corrected chi connectivity index (χ4v) is 1.62. The summed E-state index contributed by atoms with van der Waals surface area (Å²) in [5.74, 6) is 0.849. The normalized spacial score (nSPS) is 14.3. The van der Waals surface area contributed by atoms with Crippen molar-refractivity contribution >= 4 is 41.5 Å². The van der Waals surface area contributed by atoms with Crippen molar-refractivity contribution in [1.29, 1.82) is 0 Å². The first-order valence-corrected chi connectivity index (χ1v) is 6.54. The van der Waals surface area contributed by atoms with Crippen LogP contribution in [0.15, 0.2) is 29.3 Å². The molecule has 1 aliphatic carbocycles. The van der Waals surface area contributed by atoms with Gasteiger partial charge in [0.25, 0.3) is 0 Å². The number of anilines is 1. The van der Waals surface area contributed by atoms with Crippen LogP contribution in [0.1, 0.15) is 18.4 Å². The first-order chi connectivity index (χ1) is 9.13. The Morgan fingerprint density at radius 3 is 2.60 bits per heavy atom. The van der Waals surface area contributed by atoms with E-state index in [2.05, 4.69) is 15.6 Å². The van der Waals surface area contributed by atoms with E-state index in [0.717, 1.165) is 12.2 Å². The van der Waals surface area contributed by atoms with Crippen molar-refractivity contribution in [3.8, 4) is 0 Å². The topological polar surface area (TPSA) is 79.5 Å². The number of hydrogen-bond donors (Lipinski definition) is 3. The van der Waals surface area contributed by atoms with Crippen LogP contribution in [0.5, 0.6) is 0 Å². The van der Waals surface area contributed by atoms with E-state index in [0.29, 0.717) is 5.92 Å². The van der Waals surface area contributed by atoms with Crippen molar-refractivity contribution in [3.05, 3.63) is 29.8 Å². The Balaban J connectivity index is 0.00000200. The van der Waals surface area contributed by atoms with Gasteiger partial charge in [-0.15, -0.1) is 24.0 Å². The van der Waals surface area contributed by atoms with E-state index in [-0.39, 0.29) is 42.4 Å². The molecule has 5 nitrogen and oxygen atoms in total. The molecule has 1 amide bonds. The van der Waals surface area contributed by atoms with Gasteiger partial charge in [-0.05, 0) is 37.8 Å². The van der Waals surface area contributed by atoms with Crippen LogP contribution in [0.25, 0.3) is 0 Å². The second-order valence-corrected chi connectivity index (χ2v) is 4.94. The molecule has 110 valence electrons. The number of benzene rings is 1. The fraction of sp³-hybridized carbons (Fsp3) is 0.429. The molecule has 4 N–H and O–H groups in total. The van der Waals surface area contributed by atoms with Crippen LogP contribution in [0.2, 0.25) is 0 Å². The van der Waals surface area contributed by atoms with Crippen molar-refractivity contribution in [2.24, 2.45) is 16.6 Å². The van der Waals surface area contributed by atoms with E-state index >= 15 is 0 Å². The number of amides is 1. The van der Waals surface area contributed by atoms with Gasteiger partial charge in [0.1, 0.15) is 6.54 Å². The molecule has 2 rings (SSSR count). The zero-order valence-electron chi connectivity index (χ0n) is 11.6. The summed E-state index contributed by atoms with van der Waals surface area (Å²) in [6.45, 7) is 2.85. The minimum atomic E-state index is -0.0828. The Hall–Kier alpha value is -1.31. The first-order valence-electron chi connectivity index (χ1n) is 6.54. The molecule has 1 aromatic rings. The number of carbonyl (C=O) groups is 1. The summed E-state index contributed by atoms with van der Waals surface area (Å²) in [5, 5.41) is 5.79. The summed E-state index contributed by atoms with van der Waals surface area (Å²) in [6.07, 6.45) is 2.45. The highest BCUT2D eigenvalue weighted by molar-refractivity contribution is 14.0. The number of guanidine groups is 1. The Kier molecular flexibility index (Phi) is 6.77. The second kappa shape index (κ2) is 8.08. The van der Waals surface area contributed by atoms with E-state index in [1.165, 1.54) is 18.4 Å². The van der Waals surface area contributed by atoms with E-state index in [1.54, 1.807) is 0 Å². The summed E-state index contributed by atoms with van der Waals surface area (Å²) in [7, 11) is 0. The lowest BCUT2D eigenvalue weighted by molar-refractivity contribution is -0.119. The number of nitrogens with two attached hydrogens (primary N) is 1. The lowest BCUT2D eigenvalue weighted by Crippen LogP contribution is -2.30. The predicted molar refractivity (Wildman–Crippen MR) is 92.4 cm³/mol. The van der Waals surface area contributed by atoms with Gasteiger partial charge in [0, 0.05) is 12.2 Å². The third-order valence-corrected chi connectivity index (χ3v) is 3.00. The molecule has 0 atom stereocenters. The van der Waals surface area contributed by atoms with Gasteiger partial charge < -0.3 is 16.4 Å². The minimum Gasteiger partial charge on any atom is -0.370 e. The Morgan fingerprint density at radius 2 is 2.00 bits per heavy atom. The number of carbonyl (C=O) groups excluding carboxylic acids is 1. The van der Waals surface area contributed by atoms with Gasteiger partial charge in [-0.2, -0.15) is 0 Å². The molecule has 20 heavy (non-hydrogen) atoms. The SMILES string of the molecule is Cc1ccc(NC(N)=NCC(=O)NCC2CC2)cc1.I. The molecule has 1 aliphatic rings. The maximum Gasteiger partial charge on any atom is 0.241 e. The van der Waals surface area contributed by atoms with Crippen molar-refractivity contribution in [1.82, 2.24) is 5.32 Å². The highest BCUT2D eigenvalue weighted by Crippen LogP contribution is 2.27. The predicted octanol–water partition coefficient (Wildman–Crippen LogP) is 1.87. The third-order valence-electron chi connectivity index (χ3n) is 3.00. The first kappa shape index (κ1) is 16.7. The molecular weight excluding hydrogens is 367 g/mol. The number of aliphatic imine (C=N–C) groups is 1. The number of hydrogen-bond acceptors (Lipinski definition) is 2. The van der Waals surface area contributed by atoms with Crippen LogP contribution in [0, 0.1) is 12.8 Å². The number of nitrogens with zero attached hydrogens (tertiary/aromatic N) is 1. The minimum absolute atomic E-state index is 0. The van der Waals surface area contributed by atoms with Crippen LogP contribution >= 0.6 is 24.0 Å². The molecule has 0 heterocycles. The summed E-state index contributed by atoms with van der Waals surface area (Å²) >= 11 is 0. The van der Waals surface area contributed by atoms with E-state index in [1.807, 2.05) is 31.2 Å². The molecule has 6 heteroatoms. The molecule has 0 aromatic heterocycles. The third kappa shape index (κ3) is 6.23. The summed E-state index contributed by atoms with van der Waals surface area (Å²) < 4.78 is 0. The van der Waals surface area contributed by atoms with Crippen LogP contribution in [-0.2, 0) is 4.79 Å². The molecule has 0 saturated heterocycles. The Bertz CT molecular complexity index is 469. The van der Waals surface area contributed by atoms with E-state index < -0.39 is 0 Å². The largest absolute Gasteiger partial charge is 0.370 e. The average Bonchev–Trinajstić information content (AvgIpc) is 3.21. The van der Waals surface area contributed by atoms with Crippen LogP contribution in [0.3, 0.4) is 0 Å². The van der Waals surface area contributed by atoms with Gasteiger partial charge in [-0.25, -0.2) is 4.99 Å². The second-order valence-electron chi connectivity index (χ2n) is 4.94. The summed E-state index contributed by atoms with van der Waals surface area (Å²) in [5.41, 5.74) is 7.77. The van der Waals surface area contributed by atoms with Crippen molar-refractivity contribution < 1.29 is 4.79 Å². The fourth-order valence-electron chi connectivity index (χ4n) is 1.62. The lowest BCUT2D eigenvalue weighted by Gasteiger charge is -2.06. The Labute approximate surface area is 136 Å². The highest BCUT2D eigenvalue weighted by atomic mass is 127. The van der Waals surface area contributed by atoms with Crippen LogP contribution < -0.4 is 16.4 Å². The van der Waals surface area contributed by atoms with Gasteiger partial charge in [0.15, 0.2) is 5.96 Å². The number of aryl methyl sites for hydroxylation is 1. The van der Waals surface area contributed by atoms with Crippen molar-refractivity contribution in [2.75, 3.05) is 18.4 Å². The number of nitrogens with one attached hydrogen (secondary N) is 2. The van der Waals surface area contributed by atoms with Gasteiger partial charge in [-0.3, -0.25) is 4.79 Å². The maximum atomic E-state index is 11.5. The molecule has 1 fully saturated rings. The Morgan fingerprint density at radius 1 is 1.35 bits per heavy atom. The van der Waals surface area contributed by atoms with E-state index in [4.69, 9.17) is 5.73 Å². The molecule has 0 bridgehead atoms. The van der Waals surface area contributed by atoms with Gasteiger partial charge >= 0.3 is 0 Å². The quantitative estimate of drug-likeness (QED) is 0.409. The molecule has 0 spiro atoms. The van der Waals surface area contributed by atoms with Crippen LogP contribution in [0.4, 0.5) is 5.69 Å². The smallest absolute Gasteiger partial charge is 0.241 e. The molecular formula is C14H21IN4O. The zero-order chi connectivity index (χ0) is 13.7. The lowest BCUT2D eigenvalue weighted by atomic mass is 10.2. The van der Waals surface area contributed by atoms with E-state index in [9.17, 15) is 4.79 Å². The number of rotatable bonds is 5. The van der Waals surface area contributed by atoms with Gasteiger partial charge in [-0.1, -0.05) is 17.7 Å². The monoisotopic (exact) mass is 388 g/mol. The molecule has 0 aliphatic heterocycles. The summed E-state index contributed by atoms with van der Waals surface area (Å²) in [6, 6.07) is 7.81. The molecule has 0 radical (unpaired) electrons. The average molecular weight is 388 g/mol. The molecule has 1 aromatic carbocycles. The molecule has 1 saturated carbocycles. The standard InChI is InChI=1S/C14H20N4O.HI/c1-10-2-6-12(7-3-10)18-14(15)17-9-13(19)16-8-11-4-5-11;/h2-3,6-7,11H,4-5,8-9H2,1H3,(H,16,19)(H3,15,17,18);1H. The van der Waals surface area contributed by atoms with Crippen molar-refractivity contribution in [3.63, 3.8) is 0 Å². The van der Waals surface area contributed by atoms with Gasteiger partial charge in [0.05, 0.1) is 0 Å². The number of halogens is 1. The maximum absolute atomic E-state index is 11.5. The summed E-state index contributed by atoms with van der Waals surface area (Å²) in [4.78, 5) is 15.5. The van der Waals surface area contributed by atoms with Gasteiger partial charge in [0.2, 0.25) is 5.91 Å². The molecule has 0 unspecified atom stereocenters. The highest BCUT2D eigenvalue weighted by Gasteiger charge is 2.21. The zero-order valence-corrected chi connectivity index (χ0v) is 13.9. The van der Waals surface area contributed by atoms with Crippen LogP contribution in [-0.4, -0.2) is 25.0 Å².